The highest BCUT2D eigenvalue weighted by molar-refractivity contribution is 5.58. The first-order valence-corrected chi connectivity index (χ1v) is 6.97. The monoisotopic (exact) mass is 246 g/mol. The summed E-state index contributed by atoms with van der Waals surface area (Å²) >= 11 is 0. The number of rotatable bonds is 3. The molecule has 0 bridgehead atoms. The topological polar surface area (TPSA) is 24.5 Å². The van der Waals surface area contributed by atoms with E-state index in [-0.39, 0.29) is 0 Å². The molecule has 1 N–H and O–H groups in total. The van der Waals surface area contributed by atoms with Gasteiger partial charge in [-0.2, -0.15) is 0 Å². The zero-order valence-electron chi connectivity index (χ0n) is 11.1. The fraction of sp³-hybridized carbons (Fsp3) is 0.600. The van der Waals surface area contributed by atoms with E-state index in [0.717, 1.165) is 39.1 Å². The van der Waals surface area contributed by atoms with Gasteiger partial charge in [0.1, 0.15) is 0 Å². The second kappa shape index (κ2) is 5.29. The molecule has 0 aromatic heterocycles. The lowest BCUT2D eigenvalue weighted by Gasteiger charge is -2.23. The summed E-state index contributed by atoms with van der Waals surface area (Å²) in [5.74, 6) is 0. The third-order valence-electron chi connectivity index (χ3n) is 4.09. The summed E-state index contributed by atoms with van der Waals surface area (Å²) in [7, 11) is 2.17. The highest BCUT2D eigenvalue weighted by Crippen LogP contribution is 2.27. The molecule has 1 aromatic carbocycles. The third kappa shape index (κ3) is 2.52. The fourth-order valence-corrected chi connectivity index (χ4v) is 2.89. The molecular weight excluding hydrogens is 224 g/mol. The number of nitrogens with zero attached hydrogens (tertiary/aromatic N) is 1. The standard InChI is InChI=1S/C15H22N2O/c1-17-7-4-13-10-12(2-3-15(13)17)11-16-14-5-8-18-9-6-14/h2-3,10,14,16H,4-9,11H2,1H3. The summed E-state index contributed by atoms with van der Waals surface area (Å²) < 4.78 is 5.38. The predicted octanol–water partition coefficient (Wildman–Crippen LogP) is 1.95. The lowest BCUT2D eigenvalue weighted by molar-refractivity contribution is 0.0776. The van der Waals surface area contributed by atoms with Gasteiger partial charge < -0.3 is 15.0 Å². The first-order valence-electron chi connectivity index (χ1n) is 6.97. The Hall–Kier alpha value is -1.06. The van der Waals surface area contributed by atoms with E-state index in [1.54, 1.807) is 0 Å². The van der Waals surface area contributed by atoms with Crippen molar-refractivity contribution in [2.75, 3.05) is 31.7 Å². The van der Waals surface area contributed by atoms with Crippen molar-refractivity contribution in [3.05, 3.63) is 29.3 Å². The van der Waals surface area contributed by atoms with E-state index in [1.165, 1.54) is 23.2 Å². The quantitative estimate of drug-likeness (QED) is 0.882. The molecule has 3 heteroatoms. The van der Waals surface area contributed by atoms with Crippen LogP contribution in [0.2, 0.25) is 0 Å². The van der Waals surface area contributed by atoms with E-state index in [2.05, 4.69) is 35.5 Å². The molecule has 0 saturated carbocycles. The first kappa shape index (κ1) is 12.0. The van der Waals surface area contributed by atoms with Gasteiger partial charge in [0.15, 0.2) is 0 Å². The van der Waals surface area contributed by atoms with E-state index >= 15 is 0 Å². The van der Waals surface area contributed by atoms with Gasteiger partial charge >= 0.3 is 0 Å². The van der Waals surface area contributed by atoms with Gasteiger partial charge in [-0.25, -0.2) is 0 Å². The zero-order chi connectivity index (χ0) is 12.4. The third-order valence-corrected chi connectivity index (χ3v) is 4.09. The summed E-state index contributed by atoms with van der Waals surface area (Å²) in [6.07, 6.45) is 3.48. The van der Waals surface area contributed by atoms with Crippen molar-refractivity contribution in [1.29, 1.82) is 0 Å². The van der Waals surface area contributed by atoms with E-state index in [0.29, 0.717) is 6.04 Å². The van der Waals surface area contributed by atoms with Crippen LogP contribution in [0, 0.1) is 0 Å². The molecule has 18 heavy (non-hydrogen) atoms. The Morgan fingerprint density at radius 3 is 3.00 bits per heavy atom. The Morgan fingerprint density at radius 1 is 1.33 bits per heavy atom. The Bertz CT molecular complexity index is 413. The van der Waals surface area contributed by atoms with E-state index in [9.17, 15) is 0 Å². The smallest absolute Gasteiger partial charge is 0.0480 e. The van der Waals surface area contributed by atoms with E-state index in [4.69, 9.17) is 4.74 Å². The first-order chi connectivity index (χ1) is 8.83. The highest BCUT2D eigenvalue weighted by Gasteiger charge is 2.16. The van der Waals surface area contributed by atoms with Gasteiger partial charge in [-0.15, -0.1) is 0 Å². The zero-order valence-corrected chi connectivity index (χ0v) is 11.1. The molecule has 2 heterocycles. The molecule has 98 valence electrons. The van der Waals surface area contributed by atoms with Gasteiger partial charge in [-0.3, -0.25) is 0 Å². The molecule has 1 fully saturated rings. The maximum atomic E-state index is 5.38. The molecule has 3 nitrogen and oxygen atoms in total. The molecule has 1 saturated heterocycles. The molecule has 2 aliphatic heterocycles. The van der Waals surface area contributed by atoms with Crippen LogP contribution in [0.1, 0.15) is 24.0 Å². The number of benzene rings is 1. The maximum absolute atomic E-state index is 5.38. The van der Waals surface area contributed by atoms with Gasteiger partial charge in [0.2, 0.25) is 0 Å². The Kier molecular flexibility index (Phi) is 3.52. The number of fused-ring (bicyclic) bond motifs is 1. The lowest BCUT2D eigenvalue weighted by Crippen LogP contribution is -2.34. The molecule has 2 aliphatic rings. The summed E-state index contributed by atoms with van der Waals surface area (Å²) in [5.41, 5.74) is 4.32. The van der Waals surface area contributed by atoms with E-state index in [1.807, 2.05) is 0 Å². The average Bonchev–Trinajstić information content (AvgIpc) is 2.79. The van der Waals surface area contributed by atoms with Crippen LogP contribution in [0.4, 0.5) is 5.69 Å². The molecule has 0 amide bonds. The van der Waals surface area contributed by atoms with Crippen molar-refractivity contribution in [3.63, 3.8) is 0 Å². The van der Waals surface area contributed by atoms with Gasteiger partial charge in [0.25, 0.3) is 0 Å². The van der Waals surface area contributed by atoms with Crippen molar-refractivity contribution >= 4 is 5.69 Å². The van der Waals surface area contributed by atoms with Crippen molar-refractivity contribution in [3.8, 4) is 0 Å². The van der Waals surface area contributed by atoms with Gasteiger partial charge in [0, 0.05) is 45.1 Å². The van der Waals surface area contributed by atoms with Gasteiger partial charge in [0.05, 0.1) is 0 Å². The second-order valence-corrected chi connectivity index (χ2v) is 5.40. The van der Waals surface area contributed by atoms with Crippen LogP contribution in [0.25, 0.3) is 0 Å². The van der Waals surface area contributed by atoms with Crippen molar-refractivity contribution < 1.29 is 4.74 Å². The number of anilines is 1. The van der Waals surface area contributed by atoms with Crippen LogP contribution >= 0.6 is 0 Å². The summed E-state index contributed by atoms with van der Waals surface area (Å²) in [5, 5.41) is 3.65. The van der Waals surface area contributed by atoms with Crippen molar-refractivity contribution in [2.24, 2.45) is 0 Å². The molecule has 0 unspecified atom stereocenters. The number of hydrogen-bond acceptors (Lipinski definition) is 3. The van der Waals surface area contributed by atoms with Crippen LogP contribution in [0.15, 0.2) is 18.2 Å². The lowest BCUT2D eigenvalue weighted by atomic mass is 10.1. The molecule has 1 aromatic rings. The van der Waals surface area contributed by atoms with Crippen LogP contribution in [-0.4, -0.2) is 32.8 Å². The second-order valence-electron chi connectivity index (χ2n) is 5.40. The predicted molar refractivity (Wildman–Crippen MR) is 74.1 cm³/mol. The van der Waals surface area contributed by atoms with E-state index < -0.39 is 0 Å². The number of likely N-dealkylation sites (N-methyl/N-ethyl adjacent to an activating group) is 1. The van der Waals surface area contributed by atoms with Crippen LogP contribution in [-0.2, 0) is 17.7 Å². The number of ether oxygens (including phenoxy) is 1. The van der Waals surface area contributed by atoms with Crippen LogP contribution in [0.3, 0.4) is 0 Å². The largest absolute Gasteiger partial charge is 0.381 e. The van der Waals surface area contributed by atoms with Crippen molar-refractivity contribution in [1.82, 2.24) is 5.32 Å². The van der Waals surface area contributed by atoms with Crippen LogP contribution < -0.4 is 10.2 Å². The minimum absolute atomic E-state index is 0.634. The van der Waals surface area contributed by atoms with Gasteiger partial charge in [-0.05, 0) is 36.5 Å². The fourth-order valence-electron chi connectivity index (χ4n) is 2.89. The van der Waals surface area contributed by atoms with Gasteiger partial charge in [-0.1, -0.05) is 12.1 Å². The summed E-state index contributed by atoms with van der Waals surface area (Å²) in [6.45, 7) is 3.97. The minimum Gasteiger partial charge on any atom is -0.381 e. The SMILES string of the molecule is CN1CCc2cc(CNC3CCOCC3)ccc21. The highest BCUT2D eigenvalue weighted by atomic mass is 16.5. The Labute approximate surface area is 109 Å². The Morgan fingerprint density at radius 2 is 2.17 bits per heavy atom. The molecule has 0 aliphatic carbocycles. The maximum Gasteiger partial charge on any atom is 0.0480 e. The minimum atomic E-state index is 0.634. The summed E-state index contributed by atoms with van der Waals surface area (Å²) in [4.78, 5) is 2.34. The molecule has 0 spiro atoms. The molecule has 3 rings (SSSR count). The molecular formula is C15H22N2O. The molecule has 0 radical (unpaired) electrons. The normalized spacial score (nSPS) is 20.2. The molecule has 0 atom stereocenters. The van der Waals surface area contributed by atoms with Crippen molar-refractivity contribution in [2.45, 2.75) is 31.8 Å². The number of hydrogen-bond donors (Lipinski definition) is 1. The summed E-state index contributed by atoms with van der Waals surface area (Å²) in [6, 6.07) is 7.52. The van der Waals surface area contributed by atoms with Crippen LogP contribution in [0.5, 0.6) is 0 Å². The Balaban J connectivity index is 1.60. The average molecular weight is 246 g/mol. The number of nitrogens with one attached hydrogen (secondary N) is 1.